The molecular formula is C15H24N2O2. The summed E-state index contributed by atoms with van der Waals surface area (Å²) >= 11 is 0. The topological polar surface area (TPSA) is 55.6 Å². The highest BCUT2D eigenvalue weighted by atomic mass is 16.5. The lowest BCUT2D eigenvalue weighted by atomic mass is 9.94. The van der Waals surface area contributed by atoms with Gasteiger partial charge in [-0.05, 0) is 37.2 Å². The van der Waals surface area contributed by atoms with E-state index in [1.165, 1.54) is 0 Å². The lowest BCUT2D eigenvalue weighted by Crippen LogP contribution is -2.40. The van der Waals surface area contributed by atoms with Gasteiger partial charge in [0.2, 0.25) is 5.91 Å². The van der Waals surface area contributed by atoms with E-state index in [0.29, 0.717) is 13.1 Å². The van der Waals surface area contributed by atoms with E-state index in [4.69, 9.17) is 10.5 Å². The number of nitrogens with two attached hydrogens (primary N) is 1. The SMILES string of the molecule is COc1ccc(N(CCCN)C(=O)C(C)(C)C)cc1. The lowest BCUT2D eigenvalue weighted by Gasteiger charge is -2.29. The summed E-state index contributed by atoms with van der Waals surface area (Å²) < 4.78 is 5.13. The number of rotatable bonds is 5. The minimum atomic E-state index is -0.408. The van der Waals surface area contributed by atoms with Crippen molar-refractivity contribution in [3.63, 3.8) is 0 Å². The van der Waals surface area contributed by atoms with Gasteiger partial charge in [0, 0.05) is 17.6 Å². The first-order valence-electron chi connectivity index (χ1n) is 6.56. The Morgan fingerprint density at radius 3 is 2.26 bits per heavy atom. The number of nitrogens with zero attached hydrogens (tertiary/aromatic N) is 1. The number of amides is 1. The number of hydrogen-bond donors (Lipinski definition) is 1. The first kappa shape index (κ1) is 15.5. The Hall–Kier alpha value is -1.55. The van der Waals surface area contributed by atoms with Crippen LogP contribution in [0.2, 0.25) is 0 Å². The van der Waals surface area contributed by atoms with Crippen molar-refractivity contribution in [2.75, 3.05) is 25.1 Å². The molecule has 0 aliphatic carbocycles. The van der Waals surface area contributed by atoms with Crippen LogP contribution in [0.3, 0.4) is 0 Å². The maximum Gasteiger partial charge on any atom is 0.232 e. The fraction of sp³-hybridized carbons (Fsp3) is 0.533. The highest BCUT2D eigenvalue weighted by Crippen LogP contribution is 2.25. The van der Waals surface area contributed by atoms with Crippen LogP contribution in [0.15, 0.2) is 24.3 Å². The van der Waals surface area contributed by atoms with Gasteiger partial charge in [-0.1, -0.05) is 20.8 Å². The Morgan fingerprint density at radius 1 is 1.26 bits per heavy atom. The molecule has 0 radical (unpaired) electrons. The molecule has 19 heavy (non-hydrogen) atoms. The van der Waals surface area contributed by atoms with Crippen LogP contribution in [0.1, 0.15) is 27.2 Å². The van der Waals surface area contributed by atoms with Crippen molar-refractivity contribution >= 4 is 11.6 Å². The van der Waals surface area contributed by atoms with Crippen LogP contribution in [-0.2, 0) is 4.79 Å². The minimum Gasteiger partial charge on any atom is -0.497 e. The quantitative estimate of drug-likeness (QED) is 0.888. The second kappa shape index (κ2) is 6.57. The Balaban J connectivity index is 2.98. The largest absolute Gasteiger partial charge is 0.497 e. The Kier molecular flexibility index (Phi) is 5.36. The highest BCUT2D eigenvalue weighted by Gasteiger charge is 2.27. The second-order valence-electron chi connectivity index (χ2n) is 5.55. The van der Waals surface area contributed by atoms with Gasteiger partial charge in [-0.25, -0.2) is 0 Å². The number of ether oxygens (including phenoxy) is 1. The van der Waals surface area contributed by atoms with Crippen LogP contribution in [0.5, 0.6) is 5.75 Å². The zero-order valence-corrected chi connectivity index (χ0v) is 12.3. The zero-order chi connectivity index (χ0) is 14.5. The van der Waals surface area contributed by atoms with Crippen molar-refractivity contribution in [2.24, 2.45) is 11.1 Å². The molecule has 0 bridgehead atoms. The summed E-state index contributed by atoms with van der Waals surface area (Å²) in [6.45, 7) is 6.99. The maximum absolute atomic E-state index is 12.5. The molecule has 0 atom stereocenters. The average Bonchev–Trinajstić information content (AvgIpc) is 2.38. The van der Waals surface area contributed by atoms with Crippen LogP contribution >= 0.6 is 0 Å². The molecule has 0 spiro atoms. The molecule has 1 rings (SSSR count). The Bertz CT molecular complexity index is 407. The summed E-state index contributed by atoms with van der Waals surface area (Å²) in [4.78, 5) is 14.3. The predicted molar refractivity (Wildman–Crippen MR) is 78.5 cm³/mol. The zero-order valence-electron chi connectivity index (χ0n) is 12.3. The summed E-state index contributed by atoms with van der Waals surface area (Å²) in [5.74, 6) is 0.886. The Labute approximate surface area is 115 Å². The number of methoxy groups -OCH3 is 1. The third-order valence-corrected chi connectivity index (χ3v) is 2.86. The van der Waals surface area contributed by atoms with E-state index in [2.05, 4.69) is 0 Å². The van der Waals surface area contributed by atoms with Crippen molar-refractivity contribution in [3.05, 3.63) is 24.3 Å². The third kappa shape index (κ3) is 4.24. The smallest absolute Gasteiger partial charge is 0.232 e. The van der Waals surface area contributed by atoms with Gasteiger partial charge in [-0.2, -0.15) is 0 Å². The first-order chi connectivity index (χ1) is 8.90. The van der Waals surface area contributed by atoms with Crippen molar-refractivity contribution in [1.82, 2.24) is 0 Å². The monoisotopic (exact) mass is 264 g/mol. The summed E-state index contributed by atoms with van der Waals surface area (Å²) in [5, 5.41) is 0. The molecule has 0 saturated carbocycles. The summed E-state index contributed by atoms with van der Waals surface area (Å²) in [6, 6.07) is 7.53. The van der Waals surface area contributed by atoms with Crippen molar-refractivity contribution in [2.45, 2.75) is 27.2 Å². The van der Waals surface area contributed by atoms with Gasteiger partial charge in [-0.3, -0.25) is 4.79 Å². The van der Waals surface area contributed by atoms with Crippen LogP contribution in [0.25, 0.3) is 0 Å². The van der Waals surface area contributed by atoms with Gasteiger partial charge in [0.05, 0.1) is 7.11 Å². The van der Waals surface area contributed by atoms with Crippen molar-refractivity contribution in [3.8, 4) is 5.75 Å². The summed E-state index contributed by atoms with van der Waals surface area (Å²) in [7, 11) is 1.63. The molecule has 1 amide bonds. The van der Waals surface area contributed by atoms with E-state index < -0.39 is 5.41 Å². The predicted octanol–water partition coefficient (Wildman–Crippen LogP) is 2.42. The van der Waals surface area contributed by atoms with E-state index in [-0.39, 0.29) is 5.91 Å². The van der Waals surface area contributed by atoms with Crippen LogP contribution in [-0.4, -0.2) is 26.1 Å². The maximum atomic E-state index is 12.5. The molecule has 0 aromatic heterocycles. The molecule has 0 aliphatic heterocycles. The summed E-state index contributed by atoms with van der Waals surface area (Å²) in [5.41, 5.74) is 6.03. The average molecular weight is 264 g/mol. The number of benzene rings is 1. The van der Waals surface area contributed by atoms with E-state index in [1.54, 1.807) is 12.0 Å². The van der Waals surface area contributed by atoms with E-state index >= 15 is 0 Å². The van der Waals surface area contributed by atoms with E-state index in [1.807, 2.05) is 45.0 Å². The molecule has 1 aromatic carbocycles. The molecule has 4 nitrogen and oxygen atoms in total. The van der Waals surface area contributed by atoms with Crippen molar-refractivity contribution < 1.29 is 9.53 Å². The fourth-order valence-electron chi connectivity index (χ4n) is 1.76. The van der Waals surface area contributed by atoms with Crippen LogP contribution in [0.4, 0.5) is 5.69 Å². The molecule has 106 valence electrons. The molecular weight excluding hydrogens is 240 g/mol. The van der Waals surface area contributed by atoms with Gasteiger partial charge in [-0.15, -0.1) is 0 Å². The van der Waals surface area contributed by atoms with Gasteiger partial charge in [0.1, 0.15) is 5.75 Å². The van der Waals surface area contributed by atoms with Gasteiger partial charge >= 0.3 is 0 Å². The normalized spacial score (nSPS) is 11.2. The number of carbonyl (C=O) groups is 1. The molecule has 0 aliphatic rings. The molecule has 1 aromatic rings. The number of carbonyl (C=O) groups excluding carboxylic acids is 1. The second-order valence-corrected chi connectivity index (χ2v) is 5.55. The standard InChI is InChI=1S/C15H24N2O2/c1-15(2,3)14(18)17(11-5-10-16)12-6-8-13(19-4)9-7-12/h6-9H,5,10-11,16H2,1-4H3. The molecule has 4 heteroatoms. The fourth-order valence-corrected chi connectivity index (χ4v) is 1.76. The Morgan fingerprint density at radius 2 is 1.84 bits per heavy atom. The van der Waals surface area contributed by atoms with Gasteiger partial charge < -0.3 is 15.4 Å². The first-order valence-corrected chi connectivity index (χ1v) is 6.56. The summed E-state index contributed by atoms with van der Waals surface area (Å²) in [6.07, 6.45) is 0.786. The molecule has 0 fully saturated rings. The highest BCUT2D eigenvalue weighted by molar-refractivity contribution is 5.96. The third-order valence-electron chi connectivity index (χ3n) is 2.86. The molecule has 0 unspecified atom stereocenters. The van der Waals surface area contributed by atoms with Crippen LogP contribution in [0, 0.1) is 5.41 Å². The number of anilines is 1. The van der Waals surface area contributed by atoms with Gasteiger partial charge in [0.15, 0.2) is 0 Å². The molecule has 0 saturated heterocycles. The van der Waals surface area contributed by atoms with Crippen LogP contribution < -0.4 is 15.4 Å². The lowest BCUT2D eigenvalue weighted by molar-refractivity contribution is -0.125. The van der Waals surface area contributed by atoms with E-state index in [0.717, 1.165) is 17.9 Å². The number of hydrogen-bond acceptors (Lipinski definition) is 3. The minimum absolute atomic E-state index is 0.103. The molecule has 2 N–H and O–H groups in total. The molecule has 0 heterocycles. The van der Waals surface area contributed by atoms with E-state index in [9.17, 15) is 4.79 Å². The van der Waals surface area contributed by atoms with Crippen molar-refractivity contribution in [1.29, 1.82) is 0 Å². The van der Waals surface area contributed by atoms with Gasteiger partial charge in [0.25, 0.3) is 0 Å².